The molecular formula is C11H11N3O3. The van der Waals surface area contributed by atoms with Gasteiger partial charge in [-0.1, -0.05) is 11.2 Å². The smallest absolute Gasteiger partial charge is 0.255 e. The first-order valence-electron chi connectivity index (χ1n) is 4.93. The quantitative estimate of drug-likeness (QED) is 0.540. The fourth-order valence-electron chi connectivity index (χ4n) is 1.34. The number of hydrogen-bond acceptors (Lipinski definition) is 5. The first kappa shape index (κ1) is 11.0. The SMILES string of the molecule is Nc1cccc(C(=O)NCc2ccon2)c1O. The van der Waals surface area contributed by atoms with Crippen molar-refractivity contribution in [2.24, 2.45) is 0 Å². The molecule has 0 aliphatic heterocycles. The van der Waals surface area contributed by atoms with Gasteiger partial charge in [0.25, 0.3) is 5.91 Å². The summed E-state index contributed by atoms with van der Waals surface area (Å²) in [6.45, 7) is 0.226. The largest absolute Gasteiger partial charge is 0.505 e. The number of rotatable bonds is 3. The first-order chi connectivity index (χ1) is 8.18. The number of aromatic hydroxyl groups is 1. The number of nitrogens with zero attached hydrogens (tertiary/aromatic N) is 1. The summed E-state index contributed by atoms with van der Waals surface area (Å²) in [5.41, 5.74) is 6.39. The molecule has 1 amide bonds. The van der Waals surface area contributed by atoms with E-state index in [2.05, 4.69) is 15.0 Å². The van der Waals surface area contributed by atoms with Gasteiger partial charge >= 0.3 is 0 Å². The number of nitrogen functional groups attached to an aromatic ring is 1. The molecule has 0 saturated heterocycles. The molecule has 4 N–H and O–H groups in total. The number of nitrogens with two attached hydrogens (primary N) is 1. The summed E-state index contributed by atoms with van der Waals surface area (Å²) in [6.07, 6.45) is 1.42. The lowest BCUT2D eigenvalue weighted by molar-refractivity contribution is 0.0947. The maximum absolute atomic E-state index is 11.7. The monoisotopic (exact) mass is 233 g/mol. The number of phenolic OH excluding ortho intramolecular Hbond substituents is 1. The van der Waals surface area contributed by atoms with Gasteiger partial charge in [-0.3, -0.25) is 4.79 Å². The second-order valence-electron chi connectivity index (χ2n) is 3.42. The third-order valence-corrected chi connectivity index (χ3v) is 2.23. The van der Waals surface area contributed by atoms with E-state index < -0.39 is 5.91 Å². The summed E-state index contributed by atoms with van der Waals surface area (Å²) in [5.74, 6) is -0.636. The minimum atomic E-state index is -0.419. The highest BCUT2D eigenvalue weighted by Gasteiger charge is 2.12. The molecule has 0 bridgehead atoms. The normalized spacial score (nSPS) is 10.1. The van der Waals surface area contributed by atoms with Crippen LogP contribution in [0.3, 0.4) is 0 Å². The third-order valence-electron chi connectivity index (χ3n) is 2.23. The molecule has 17 heavy (non-hydrogen) atoms. The maximum Gasteiger partial charge on any atom is 0.255 e. The van der Waals surface area contributed by atoms with E-state index in [1.54, 1.807) is 12.1 Å². The lowest BCUT2D eigenvalue weighted by Gasteiger charge is -2.06. The third kappa shape index (κ3) is 2.36. The Kier molecular flexibility index (Phi) is 2.95. The fourth-order valence-corrected chi connectivity index (χ4v) is 1.34. The van der Waals surface area contributed by atoms with Gasteiger partial charge in [0.05, 0.1) is 17.8 Å². The molecule has 88 valence electrons. The Hall–Kier alpha value is -2.50. The molecule has 2 rings (SSSR count). The molecule has 1 aromatic carbocycles. The van der Waals surface area contributed by atoms with E-state index in [1.807, 2.05) is 0 Å². The standard InChI is InChI=1S/C11H11N3O3/c12-9-3-1-2-8(10(9)15)11(16)13-6-7-4-5-17-14-7/h1-5,15H,6,12H2,(H,13,16). The van der Waals surface area contributed by atoms with E-state index in [-0.39, 0.29) is 23.5 Å². The second kappa shape index (κ2) is 4.56. The molecule has 0 fully saturated rings. The molecule has 0 spiro atoms. The van der Waals surface area contributed by atoms with Crippen molar-refractivity contribution in [2.45, 2.75) is 6.54 Å². The lowest BCUT2D eigenvalue weighted by Crippen LogP contribution is -2.23. The molecule has 6 heteroatoms. The average Bonchev–Trinajstić information content (AvgIpc) is 2.82. The molecule has 0 atom stereocenters. The first-order valence-corrected chi connectivity index (χ1v) is 4.93. The average molecular weight is 233 g/mol. The zero-order valence-corrected chi connectivity index (χ0v) is 8.88. The van der Waals surface area contributed by atoms with Crippen molar-refractivity contribution >= 4 is 11.6 Å². The van der Waals surface area contributed by atoms with Crippen LogP contribution in [0.1, 0.15) is 16.1 Å². The Balaban J connectivity index is 2.07. The number of hydrogen-bond donors (Lipinski definition) is 3. The maximum atomic E-state index is 11.7. The molecule has 1 aromatic heterocycles. The van der Waals surface area contributed by atoms with Crippen molar-refractivity contribution in [3.8, 4) is 5.75 Å². The molecule has 1 heterocycles. The zero-order chi connectivity index (χ0) is 12.3. The highest BCUT2D eigenvalue weighted by molar-refractivity contribution is 5.98. The summed E-state index contributed by atoms with van der Waals surface area (Å²) < 4.78 is 4.62. The summed E-state index contributed by atoms with van der Waals surface area (Å²) in [5, 5.41) is 15.8. The van der Waals surface area contributed by atoms with Crippen molar-refractivity contribution in [3.05, 3.63) is 41.8 Å². The number of benzene rings is 1. The predicted molar refractivity (Wildman–Crippen MR) is 60.2 cm³/mol. The van der Waals surface area contributed by atoms with Gasteiger partial charge in [0.2, 0.25) is 0 Å². The number of phenols is 1. The van der Waals surface area contributed by atoms with E-state index in [1.165, 1.54) is 18.4 Å². The van der Waals surface area contributed by atoms with Crippen molar-refractivity contribution < 1.29 is 14.4 Å². The highest BCUT2D eigenvalue weighted by atomic mass is 16.5. The number of nitrogens with one attached hydrogen (secondary N) is 1. The van der Waals surface area contributed by atoms with Gasteiger partial charge in [-0.05, 0) is 12.1 Å². The number of aromatic nitrogens is 1. The molecule has 0 saturated carbocycles. The minimum absolute atomic E-state index is 0.133. The Morgan fingerprint density at radius 3 is 3.00 bits per heavy atom. The minimum Gasteiger partial charge on any atom is -0.505 e. The molecule has 0 unspecified atom stereocenters. The molecule has 0 radical (unpaired) electrons. The zero-order valence-electron chi connectivity index (χ0n) is 8.88. The Bertz CT molecular complexity index is 523. The molecule has 6 nitrogen and oxygen atoms in total. The lowest BCUT2D eigenvalue weighted by atomic mass is 10.1. The number of anilines is 1. The summed E-state index contributed by atoms with van der Waals surface area (Å²) >= 11 is 0. The van der Waals surface area contributed by atoms with Gasteiger partial charge in [-0.25, -0.2) is 0 Å². The number of carbonyl (C=O) groups is 1. The van der Waals surface area contributed by atoms with Crippen LogP contribution in [-0.2, 0) is 6.54 Å². The van der Waals surface area contributed by atoms with E-state index in [4.69, 9.17) is 5.73 Å². The van der Waals surface area contributed by atoms with Crippen LogP contribution in [0.2, 0.25) is 0 Å². The summed E-state index contributed by atoms with van der Waals surface area (Å²) in [4.78, 5) is 11.7. The number of carbonyl (C=O) groups excluding carboxylic acids is 1. The van der Waals surface area contributed by atoms with Crippen molar-refractivity contribution in [1.29, 1.82) is 0 Å². The van der Waals surface area contributed by atoms with E-state index >= 15 is 0 Å². The van der Waals surface area contributed by atoms with Gasteiger partial charge in [-0.15, -0.1) is 0 Å². The van der Waals surface area contributed by atoms with E-state index in [0.29, 0.717) is 5.69 Å². The van der Waals surface area contributed by atoms with Crippen LogP contribution in [0.5, 0.6) is 5.75 Å². The van der Waals surface area contributed by atoms with Crippen molar-refractivity contribution in [3.63, 3.8) is 0 Å². The van der Waals surface area contributed by atoms with Crippen LogP contribution in [-0.4, -0.2) is 16.2 Å². The van der Waals surface area contributed by atoms with Gasteiger partial charge < -0.3 is 20.7 Å². The van der Waals surface area contributed by atoms with Crippen molar-refractivity contribution in [1.82, 2.24) is 10.5 Å². The van der Waals surface area contributed by atoms with Crippen molar-refractivity contribution in [2.75, 3.05) is 5.73 Å². The van der Waals surface area contributed by atoms with Gasteiger partial charge in [-0.2, -0.15) is 0 Å². The van der Waals surface area contributed by atoms with Crippen LogP contribution in [0.4, 0.5) is 5.69 Å². The highest BCUT2D eigenvalue weighted by Crippen LogP contribution is 2.24. The molecule has 0 aliphatic carbocycles. The number of amides is 1. The summed E-state index contributed by atoms with van der Waals surface area (Å²) in [7, 11) is 0. The molecule has 0 aliphatic rings. The molecule has 2 aromatic rings. The van der Waals surface area contributed by atoms with Gasteiger partial charge in [0.15, 0.2) is 5.75 Å². The fraction of sp³-hybridized carbons (Fsp3) is 0.0909. The Morgan fingerprint density at radius 2 is 2.29 bits per heavy atom. The van der Waals surface area contributed by atoms with Crippen LogP contribution < -0.4 is 11.1 Å². The van der Waals surface area contributed by atoms with E-state index in [0.717, 1.165) is 0 Å². The van der Waals surface area contributed by atoms with Gasteiger partial charge in [0.1, 0.15) is 12.0 Å². The summed E-state index contributed by atoms with van der Waals surface area (Å²) in [6, 6.07) is 6.24. The number of para-hydroxylation sites is 1. The van der Waals surface area contributed by atoms with Crippen LogP contribution in [0, 0.1) is 0 Å². The van der Waals surface area contributed by atoms with Crippen LogP contribution in [0.25, 0.3) is 0 Å². The molecular weight excluding hydrogens is 222 g/mol. The predicted octanol–water partition coefficient (Wildman–Crippen LogP) is 0.892. The van der Waals surface area contributed by atoms with E-state index in [9.17, 15) is 9.90 Å². The van der Waals surface area contributed by atoms with Gasteiger partial charge in [0, 0.05) is 6.07 Å². The van der Waals surface area contributed by atoms with Crippen LogP contribution >= 0.6 is 0 Å². The Morgan fingerprint density at radius 1 is 1.47 bits per heavy atom. The van der Waals surface area contributed by atoms with Crippen LogP contribution in [0.15, 0.2) is 35.1 Å². The topological polar surface area (TPSA) is 101 Å². The second-order valence-corrected chi connectivity index (χ2v) is 3.42. The Labute approximate surface area is 97.0 Å².